The highest BCUT2D eigenvalue weighted by Crippen LogP contribution is 2.52. The number of hydrogen-bond acceptors (Lipinski definition) is 2. The van der Waals surface area contributed by atoms with Crippen LogP contribution in [0, 0.1) is 5.41 Å². The average Bonchev–Trinajstić information content (AvgIpc) is 2.68. The summed E-state index contributed by atoms with van der Waals surface area (Å²) in [6.45, 7) is 3.81. The molecule has 2 heteroatoms. The lowest BCUT2D eigenvalue weighted by Crippen LogP contribution is -2.20. The molecule has 1 aliphatic heterocycles. The lowest BCUT2D eigenvalue weighted by atomic mass is 10.1. The molecule has 0 aromatic carbocycles. The van der Waals surface area contributed by atoms with E-state index in [4.69, 9.17) is 0 Å². The highest BCUT2D eigenvalue weighted by atomic mass is 32.1. The molecule has 0 amide bonds. The molecular weight excluding hydrogens is 166 g/mol. The minimum atomic E-state index is 0.787. The Morgan fingerprint density at radius 1 is 1.25 bits per heavy atom. The van der Waals surface area contributed by atoms with E-state index in [1.54, 1.807) is 0 Å². The van der Waals surface area contributed by atoms with Crippen LogP contribution in [0.5, 0.6) is 0 Å². The van der Waals surface area contributed by atoms with E-state index >= 15 is 0 Å². The highest BCUT2D eigenvalue weighted by Gasteiger charge is 2.47. The van der Waals surface area contributed by atoms with Crippen LogP contribution >= 0.6 is 12.6 Å². The third-order valence-corrected chi connectivity index (χ3v) is 3.32. The van der Waals surface area contributed by atoms with E-state index in [9.17, 15) is 0 Å². The summed E-state index contributed by atoms with van der Waals surface area (Å²) < 4.78 is 0. The maximum absolute atomic E-state index is 4.14. The predicted octanol–water partition coefficient (Wildman–Crippen LogP) is 1.96. The van der Waals surface area contributed by atoms with E-state index < -0.39 is 0 Å². The normalized spacial score (nSPS) is 27.4. The van der Waals surface area contributed by atoms with Gasteiger partial charge in [-0.1, -0.05) is 12.2 Å². The van der Waals surface area contributed by atoms with Gasteiger partial charge in [-0.15, -0.1) is 0 Å². The van der Waals surface area contributed by atoms with E-state index in [0.29, 0.717) is 0 Å². The molecule has 1 saturated carbocycles. The maximum atomic E-state index is 4.14. The third-order valence-electron chi connectivity index (χ3n) is 3.11. The van der Waals surface area contributed by atoms with Crippen LogP contribution in [0.3, 0.4) is 0 Å². The van der Waals surface area contributed by atoms with Gasteiger partial charge >= 0.3 is 0 Å². The van der Waals surface area contributed by atoms with Gasteiger partial charge in [0.25, 0.3) is 0 Å². The number of rotatable bonds is 3. The first-order valence-corrected chi connectivity index (χ1v) is 5.46. The van der Waals surface area contributed by atoms with Gasteiger partial charge in [-0.2, -0.15) is 12.6 Å². The Morgan fingerprint density at radius 2 is 2.08 bits per heavy atom. The summed E-state index contributed by atoms with van der Waals surface area (Å²) in [6, 6.07) is 0. The van der Waals surface area contributed by atoms with Gasteiger partial charge in [-0.25, -0.2) is 0 Å². The average molecular weight is 183 g/mol. The van der Waals surface area contributed by atoms with E-state index in [0.717, 1.165) is 17.7 Å². The Hall–Kier alpha value is 0.0500. The summed E-state index contributed by atoms with van der Waals surface area (Å²) in [7, 11) is 0. The molecule has 1 aliphatic carbocycles. The second-order valence-corrected chi connectivity index (χ2v) is 4.50. The maximum Gasteiger partial charge on any atom is 0.0163 e. The van der Waals surface area contributed by atoms with Crippen LogP contribution < -0.4 is 0 Å². The molecule has 2 aliphatic rings. The zero-order valence-corrected chi connectivity index (χ0v) is 8.39. The standard InChI is InChI=1S/C10H17NS/c12-8-2-1-6-11-7-5-10(9-11)3-4-10/h1-2,12H,3-9H2/b2-1+. The van der Waals surface area contributed by atoms with E-state index in [2.05, 4.69) is 29.7 Å². The fourth-order valence-electron chi connectivity index (χ4n) is 2.07. The third kappa shape index (κ3) is 1.86. The van der Waals surface area contributed by atoms with Crippen LogP contribution in [0.2, 0.25) is 0 Å². The smallest absolute Gasteiger partial charge is 0.0163 e. The predicted molar refractivity (Wildman–Crippen MR) is 55.7 cm³/mol. The van der Waals surface area contributed by atoms with Crippen molar-refractivity contribution >= 4 is 12.6 Å². The highest BCUT2D eigenvalue weighted by molar-refractivity contribution is 7.80. The molecule has 68 valence electrons. The molecule has 0 radical (unpaired) electrons. The minimum absolute atomic E-state index is 0.787. The fraction of sp³-hybridized carbons (Fsp3) is 0.800. The van der Waals surface area contributed by atoms with Crippen LogP contribution in [0.15, 0.2) is 12.2 Å². The van der Waals surface area contributed by atoms with Crippen LogP contribution in [-0.4, -0.2) is 30.3 Å². The molecule has 1 saturated heterocycles. The zero-order chi connectivity index (χ0) is 8.44. The Labute approximate surface area is 80.2 Å². The first-order chi connectivity index (χ1) is 5.85. The van der Waals surface area contributed by atoms with Gasteiger partial charge < -0.3 is 0 Å². The topological polar surface area (TPSA) is 3.24 Å². The molecular formula is C10H17NS. The van der Waals surface area contributed by atoms with Crippen molar-refractivity contribution in [2.45, 2.75) is 19.3 Å². The number of nitrogens with zero attached hydrogens (tertiary/aromatic N) is 1. The second kappa shape index (κ2) is 3.43. The molecule has 12 heavy (non-hydrogen) atoms. The Morgan fingerprint density at radius 3 is 2.67 bits per heavy atom. The molecule has 0 unspecified atom stereocenters. The van der Waals surface area contributed by atoms with Crippen LogP contribution in [0.25, 0.3) is 0 Å². The molecule has 0 atom stereocenters. The van der Waals surface area contributed by atoms with Gasteiger partial charge in [0.2, 0.25) is 0 Å². The van der Waals surface area contributed by atoms with Crippen LogP contribution in [0.1, 0.15) is 19.3 Å². The molecule has 0 aromatic rings. The molecule has 0 N–H and O–H groups in total. The van der Waals surface area contributed by atoms with Gasteiger partial charge in [0, 0.05) is 18.8 Å². The van der Waals surface area contributed by atoms with E-state index in [1.165, 1.54) is 32.4 Å². The van der Waals surface area contributed by atoms with E-state index in [1.807, 2.05) is 0 Å². The molecule has 0 bridgehead atoms. The summed E-state index contributed by atoms with van der Waals surface area (Å²) >= 11 is 4.14. The fourth-order valence-corrected chi connectivity index (χ4v) is 2.22. The molecule has 2 rings (SSSR count). The molecule has 1 heterocycles. The summed E-state index contributed by atoms with van der Waals surface area (Å²) in [6.07, 6.45) is 8.80. The van der Waals surface area contributed by atoms with Crippen molar-refractivity contribution in [1.82, 2.24) is 4.90 Å². The summed E-state index contributed by atoms with van der Waals surface area (Å²) in [5.41, 5.74) is 0.787. The van der Waals surface area contributed by atoms with Crippen molar-refractivity contribution < 1.29 is 0 Å². The molecule has 0 aromatic heterocycles. The van der Waals surface area contributed by atoms with Crippen molar-refractivity contribution in [2.24, 2.45) is 5.41 Å². The monoisotopic (exact) mass is 183 g/mol. The number of thiol groups is 1. The molecule has 1 nitrogen and oxygen atoms in total. The minimum Gasteiger partial charge on any atom is -0.299 e. The van der Waals surface area contributed by atoms with E-state index in [-0.39, 0.29) is 0 Å². The van der Waals surface area contributed by atoms with Gasteiger partial charge in [0.05, 0.1) is 0 Å². The number of hydrogen-bond donors (Lipinski definition) is 1. The summed E-state index contributed by atoms with van der Waals surface area (Å²) in [5, 5.41) is 0. The summed E-state index contributed by atoms with van der Waals surface area (Å²) in [5.74, 6) is 0.874. The molecule has 1 spiro atoms. The van der Waals surface area contributed by atoms with Crippen molar-refractivity contribution in [3.8, 4) is 0 Å². The summed E-state index contributed by atoms with van der Waals surface area (Å²) in [4.78, 5) is 2.56. The second-order valence-electron chi connectivity index (χ2n) is 4.14. The first-order valence-electron chi connectivity index (χ1n) is 4.83. The molecule has 2 fully saturated rings. The van der Waals surface area contributed by atoms with Gasteiger partial charge in [-0.3, -0.25) is 4.90 Å². The SMILES string of the molecule is SC/C=C/CN1CCC2(CC2)C1. The van der Waals surface area contributed by atoms with Crippen molar-refractivity contribution in [1.29, 1.82) is 0 Å². The Balaban J connectivity index is 1.73. The van der Waals surface area contributed by atoms with Crippen molar-refractivity contribution in [3.05, 3.63) is 12.2 Å². The van der Waals surface area contributed by atoms with Crippen molar-refractivity contribution in [2.75, 3.05) is 25.4 Å². The van der Waals surface area contributed by atoms with Crippen LogP contribution in [-0.2, 0) is 0 Å². The van der Waals surface area contributed by atoms with Crippen molar-refractivity contribution in [3.63, 3.8) is 0 Å². The zero-order valence-electron chi connectivity index (χ0n) is 7.50. The van der Waals surface area contributed by atoms with Crippen LogP contribution in [0.4, 0.5) is 0 Å². The van der Waals surface area contributed by atoms with Gasteiger partial charge in [0.15, 0.2) is 0 Å². The largest absolute Gasteiger partial charge is 0.299 e. The lowest BCUT2D eigenvalue weighted by Gasteiger charge is -2.12. The quantitative estimate of drug-likeness (QED) is 0.517. The Bertz CT molecular complexity index is 184. The first kappa shape index (κ1) is 8.64. The van der Waals surface area contributed by atoms with Gasteiger partial charge in [-0.05, 0) is 31.2 Å². The Kier molecular flexibility index (Phi) is 2.47. The van der Waals surface area contributed by atoms with Gasteiger partial charge in [0.1, 0.15) is 0 Å². The lowest BCUT2D eigenvalue weighted by molar-refractivity contribution is 0.354. The number of likely N-dealkylation sites (tertiary alicyclic amines) is 1.